The Morgan fingerprint density at radius 1 is 1.26 bits per heavy atom. The van der Waals surface area contributed by atoms with E-state index in [2.05, 4.69) is 20.8 Å². The predicted octanol–water partition coefficient (Wildman–Crippen LogP) is 1.76. The van der Waals surface area contributed by atoms with Crippen molar-refractivity contribution in [3.8, 4) is 0 Å². The van der Waals surface area contributed by atoms with E-state index in [1.807, 2.05) is 0 Å². The summed E-state index contributed by atoms with van der Waals surface area (Å²) in [5, 5.41) is 11.4. The van der Waals surface area contributed by atoms with E-state index in [9.17, 15) is 18.4 Å². The van der Waals surface area contributed by atoms with Crippen LogP contribution in [0.1, 0.15) is 18.9 Å². The van der Waals surface area contributed by atoms with Crippen molar-refractivity contribution >= 4 is 17.6 Å². The quantitative estimate of drug-likeness (QED) is 0.757. The first-order valence-electron chi connectivity index (χ1n) is 7.02. The summed E-state index contributed by atoms with van der Waals surface area (Å²) in [5.74, 6) is -2.00. The maximum atomic E-state index is 13.1. The van der Waals surface area contributed by atoms with Gasteiger partial charge >= 0.3 is 0 Å². The number of aromatic nitrogens is 2. The summed E-state index contributed by atoms with van der Waals surface area (Å²) >= 11 is 0. The average Bonchev–Trinajstić information content (AvgIpc) is 2.96. The lowest BCUT2D eigenvalue weighted by Gasteiger charge is -2.16. The zero-order valence-corrected chi connectivity index (χ0v) is 12.4. The Morgan fingerprint density at radius 2 is 1.96 bits per heavy atom. The molecular weight excluding hydrogens is 306 g/mol. The maximum Gasteiger partial charge on any atom is 0.248 e. The van der Waals surface area contributed by atoms with Crippen LogP contribution >= 0.6 is 0 Å². The molecule has 0 aliphatic carbocycles. The fourth-order valence-electron chi connectivity index (χ4n) is 2.04. The minimum absolute atomic E-state index is 0.198. The molecule has 3 N–H and O–H groups in total. The van der Waals surface area contributed by atoms with Crippen LogP contribution in [0.25, 0.3) is 0 Å². The number of rotatable bonds is 6. The van der Waals surface area contributed by atoms with Gasteiger partial charge in [0.1, 0.15) is 23.5 Å². The molecule has 2 amide bonds. The molecule has 0 saturated carbocycles. The van der Waals surface area contributed by atoms with E-state index in [1.54, 1.807) is 13.0 Å². The zero-order valence-electron chi connectivity index (χ0n) is 12.4. The lowest BCUT2D eigenvalue weighted by molar-refractivity contribution is -0.126. The van der Waals surface area contributed by atoms with Crippen molar-refractivity contribution in [2.75, 3.05) is 5.32 Å². The van der Waals surface area contributed by atoms with E-state index >= 15 is 0 Å². The molecule has 1 aromatic heterocycles. The molecule has 0 radical (unpaired) electrons. The Balaban J connectivity index is 1.95. The molecule has 0 bridgehead atoms. The third-order valence-corrected chi connectivity index (χ3v) is 3.11. The molecule has 1 atom stereocenters. The molecule has 0 aliphatic heterocycles. The second-order valence-electron chi connectivity index (χ2n) is 4.94. The molecule has 122 valence electrons. The van der Waals surface area contributed by atoms with Gasteiger partial charge in [-0.15, -0.1) is 0 Å². The van der Waals surface area contributed by atoms with Gasteiger partial charge in [0.25, 0.3) is 0 Å². The van der Waals surface area contributed by atoms with Crippen LogP contribution < -0.4 is 10.6 Å². The zero-order chi connectivity index (χ0) is 16.8. The van der Waals surface area contributed by atoms with Gasteiger partial charge in [-0.3, -0.25) is 14.7 Å². The number of hydrogen-bond donors (Lipinski definition) is 3. The molecule has 2 rings (SSSR count). The molecule has 1 aromatic carbocycles. The molecule has 1 heterocycles. The van der Waals surface area contributed by atoms with Gasteiger partial charge in [-0.25, -0.2) is 8.78 Å². The van der Waals surface area contributed by atoms with Gasteiger partial charge in [-0.05, 0) is 24.1 Å². The minimum atomic E-state index is -0.760. The molecule has 8 heteroatoms. The van der Waals surface area contributed by atoms with Crippen LogP contribution in [0.4, 0.5) is 14.6 Å². The van der Waals surface area contributed by atoms with Crippen LogP contribution in [0.2, 0.25) is 0 Å². The predicted molar refractivity (Wildman–Crippen MR) is 79.5 cm³/mol. The number of aromatic amines is 1. The van der Waals surface area contributed by atoms with Gasteiger partial charge in [-0.2, -0.15) is 5.10 Å². The van der Waals surface area contributed by atoms with Crippen LogP contribution in [0.5, 0.6) is 0 Å². The molecule has 1 unspecified atom stereocenters. The molecule has 2 aromatic rings. The van der Waals surface area contributed by atoms with E-state index < -0.39 is 29.5 Å². The van der Waals surface area contributed by atoms with Gasteiger partial charge < -0.3 is 10.6 Å². The van der Waals surface area contributed by atoms with E-state index in [4.69, 9.17) is 0 Å². The second kappa shape index (κ2) is 7.48. The SMILES string of the molecule is CCC(NC(=O)Cc1cc(F)cc(F)c1)C(=O)Nc1ccn[nH]1. The van der Waals surface area contributed by atoms with Crippen molar-refractivity contribution in [3.63, 3.8) is 0 Å². The number of nitrogens with one attached hydrogen (secondary N) is 3. The first kappa shape index (κ1) is 16.6. The normalized spacial score (nSPS) is 11.8. The summed E-state index contributed by atoms with van der Waals surface area (Å²) in [4.78, 5) is 24.0. The highest BCUT2D eigenvalue weighted by molar-refractivity contribution is 5.96. The second-order valence-corrected chi connectivity index (χ2v) is 4.94. The first-order chi connectivity index (χ1) is 11.0. The Morgan fingerprint density at radius 3 is 2.52 bits per heavy atom. The number of halogens is 2. The summed E-state index contributed by atoms with van der Waals surface area (Å²) in [6.07, 6.45) is 1.62. The summed E-state index contributed by atoms with van der Waals surface area (Å²) in [5.41, 5.74) is 0.198. The number of amides is 2. The summed E-state index contributed by atoms with van der Waals surface area (Å²) in [6, 6.07) is 3.70. The standard InChI is InChI=1S/C15H16F2N4O2/c1-2-12(15(23)20-13-3-4-18-21-13)19-14(22)7-9-5-10(16)8-11(17)6-9/h3-6,8,12H,2,7H2,1H3,(H,19,22)(H2,18,20,21,23). The van der Waals surface area contributed by atoms with E-state index in [1.165, 1.54) is 6.20 Å². The lowest BCUT2D eigenvalue weighted by Crippen LogP contribution is -2.44. The van der Waals surface area contributed by atoms with Crippen molar-refractivity contribution in [2.24, 2.45) is 0 Å². The third kappa shape index (κ3) is 4.87. The van der Waals surface area contributed by atoms with Gasteiger partial charge in [0, 0.05) is 12.1 Å². The maximum absolute atomic E-state index is 13.1. The van der Waals surface area contributed by atoms with Crippen molar-refractivity contribution in [1.82, 2.24) is 15.5 Å². The number of carbonyl (C=O) groups is 2. The summed E-state index contributed by atoms with van der Waals surface area (Å²) < 4.78 is 26.2. The third-order valence-electron chi connectivity index (χ3n) is 3.11. The lowest BCUT2D eigenvalue weighted by atomic mass is 10.1. The molecule has 0 fully saturated rings. The van der Waals surface area contributed by atoms with Crippen molar-refractivity contribution in [3.05, 3.63) is 47.7 Å². The molecule has 6 nitrogen and oxygen atoms in total. The summed E-state index contributed by atoms with van der Waals surface area (Å²) in [6.45, 7) is 1.74. The van der Waals surface area contributed by atoms with Crippen molar-refractivity contribution in [2.45, 2.75) is 25.8 Å². The smallest absolute Gasteiger partial charge is 0.248 e. The highest BCUT2D eigenvalue weighted by atomic mass is 19.1. The van der Waals surface area contributed by atoms with Gasteiger partial charge in [0.2, 0.25) is 11.8 Å². The fraction of sp³-hybridized carbons (Fsp3) is 0.267. The highest BCUT2D eigenvalue weighted by Crippen LogP contribution is 2.09. The van der Waals surface area contributed by atoms with Gasteiger partial charge in [0.05, 0.1) is 12.6 Å². The van der Waals surface area contributed by atoms with Crippen LogP contribution in [0.3, 0.4) is 0 Å². The first-order valence-corrected chi connectivity index (χ1v) is 7.02. The fourth-order valence-corrected chi connectivity index (χ4v) is 2.04. The van der Waals surface area contributed by atoms with E-state index in [0.29, 0.717) is 12.2 Å². The van der Waals surface area contributed by atoms with E-state index in [0.717, 1.165) is 18.2 Å². The molecule has 0 spiro atoms. The Bertz CT molecular complexity index is 669. The van der Waals surface area contributed by atoms with Crippen LogP contribution in [0, 0.1) is 11.6 Å². The number of nitrogens with zero attached hydrogens (tertiary/aromatic N) is 1. The number of anilines is 1. The van der Waals surface area contributed by atoms with Crippen LogP contribution in [0.15, 0.2) is 30.5 Å². The monoisotopic (exact) mass is 322 g/mol. The topological polar surface area (TPSA) is 86.9 Å². The van der Waals surface area contributed by atoms with Crippen LogP contribution in [-0.4, -0.2) is 28.1 Å². The number of benzene rings is 1. The molecule has 0 aliphatic rings. The largest absolute Gasteiger partial charge is 0.344 e. The molecule has 0 saturated heterocycles. The minimum Gasteiger partial charge on any atom is -0.344 e. The Hall–Kier alpha value is -2.77. The summed E-state index contributed by atoms with van der Waals surface area (Å²) in [7, 11) is 0. The van der Waals surface area contributed by atoms with Gasteiger partial charge in [0.15, 0.2) is 0 Å². The molecular formula is C15H16F2N4O2. The van der Waals surface area contributed by atoms with Crippen LogP contribution in [-0.2, 0) is 16.0 Å². The number of hydrogen-bond acceptors (Lipinski definition) is 3. The Kier molecular flexibility index (Phi) is 5.40. The van der Waals surface area contributed by atoms with Gasteiger partial charge in [-0.1, -0.05) is 6.92 Å². The van der Waals surface area contributed by atoms with Crippen molar-refractivity contribution in [1.29, 1.82) is 0 Å². The highest BCUT2D eigenvalue weighted by Gasteiger charge is 2.19. The molecule has 23 heavy (non-hydrogen) atoms. The van der Waals surface area contributed by atoms with Crippen molar-refractivity contribution < 1.29 is 18.4 Å². The average molecular weight is 322 g/mol. The van der Waals surface area contributed by atoms with E-state index in [-0.39, 0.29) is 12.0 Å². The number of H-pyrrole nitrogens is 1. The number of carbonyl (C=O) groups excluding carboxylic acids is 2. The Labute approximate surface area is 131 Å².